The number of carbonyl (C=O) groups excluding carboxylic acids is 1. The first-order valence-electron chi connectivity index (χ1n) is 6.77. The minimum Gasteiger partial charge on any atom is -0.497 e. The summed E-state index contributed by atoms with van der Waals surface area (Å²) in [5.41, 5.74) is -0.396. The maximum atomic E-state index is 14.1. The number of halogens is 2. The lowest BCUT2D eigenvalue weighted by molar-refractivity contribution is -0.148. The van der Waals surface area contributed by atoms with E-state index in [4.69, 9.17) is 9.84 Å². The smallest absolute Gasteiger partial charge is 0.349 e. The molecule has 0 bridgehead atoms. The van der Waals surface area contributed by atoms with Gasteiger partial charge in [-0.15, -0.1) is 0 Å². The van der Waals surface area contributed by atoms with Crippen molar-refractivity contribution in [2.24, 2.45) is 5.92 Å². The van der Waals surface area contributed by atoms with E-state index in [0.29, 0.717) is 5.75 Å². The van der Waals surface area contributed by atoms with Gasteiger partial charge in [0.1, 0.15) is 5.75 Å². The van der Waals surface area contributed by atoms with Gasteiger partial charge in [-0.2, -0.15) is 8.78 Å². The van der Waals surface area contributed by atoms with Gasteiger partial charge in [-0.3, -0.25) is 4.79 Å². The molecule has 1 unspecified atom stereocenters. The van der Waals surface area contributed by atoms with E-state index in [1.165, 1.54) is 19.2 Å². The Morgan fingerprint density at radius 3 is 2.33 bits per heavy atom. The van der Waals surface area contributed by atoms with Crippen LogP contribution in [0.15, 0.2) is 24.3 Å². The maximum absolute atomic E-state index is 14.1. The third-order valence-electron chi connectivity index (χ3n) is 3.30. The van der Waals surface area contributed by atoms with Gasteiger partial charge in [-0.05, 0) is 36.6 Å². The van der Waals surface area contributed by atoms with E-state index in [1.807, 2.05) is 0 Å². The molecule has 2 N–H and O–H groups in total. The lowest BCUT2D eigenvalue weighted by Gasteiger charge is -2.25. The average Bonchev–Trinajstić information content (AvgIpc) is 2.46. The second-order valence-electron chi connectivity index (χ2n) is 5.14. The molecule has 0 radical (unpaired) electrons. The Labute approximate surface area is 123 Å². The fourth-order valence-corrected chi connectivity index (χ4v) is 1.90. The summed E-state index contributed by atoms with van der Waals surface area (Å²) in [7, 11) is 1.43. The van der Waals surface area contributed by atoms with Gasteiger partial charge in [0, 0.05) is 18.2 Å². The predicted molar refractivity (Wildman–Crippen MR) is 75.4 cm³/mol. The Bertz CT molecular complexity index is 460. The van der Waals surface area contributed by atoms with E-state index in [9.17, 15) is 13.6 Å². The van der Waals surface area contributed by atoms with Gasteiger partial charge in [0.2, 0.25) is 0 Å². The Kier molecular flexibility index (Phi) is 6.08. The Balaban J connectivity index is 2.86. The van der Waals surface area contributed by atoms with Crippen molar-refractivity contribution in [1.29, 1.82) is 0 Å². The molecule has 6 heteroatoms. The van der Waals surface area contributed by atoms with Crippen molar-refractivity contribution in [2.75, 3.05) is 13.7 Å². The molecule has 1 aromatic rings. The molecule has 0 aromatic heterocycles. The fraction of sp³-hybridized carbons (Fsp3) is 0.533. The quantitative estimate of drug-likeness (QED) is 0.812. The number of nitrogens with one attached hydrogen (secondary N) is 1. The molecule has 0 heterocycles. The zero-order chi connectivity index (χ0) is 16.0. The summed E-state index contributed by atoms with van der Waals surface area (Å²) in [6, 6.07) is 4.59. The molecule has 1 rings (SSSR count). The summed E-state index contributed by atoms with van der Waals surface area (Å²) in [6.07, 6.45) is 0.238. The number of alkyl halides is 2. The highest BCUT2D eigenvalue weighted by atomic mass is 19.3. The van der Waals surface area contributed by atoms with Gasteiger partial charge in [-0.25, -0.2) is 0 Å². The highest BCUT2D eigenvalue weighted by Crippen LogP contribution is 2.30. The third-order valence-corrected chi connectivity index (χ3v) is 3.30. The van der Waals surface area contributed by atoms with Crippen LogP contribution in [0.5, 0.6) is 5.75 Å². The summed E-state index contributed by atoms with van der Waals surface area (Å²) >= 11 is 0. The van der Waals surface area contributed by atoms with Gasteiger partial charge in [-0.1, -0.05) is 13.8 Å². The second kappa shape index (κ2) is 7.36. The average molecular weight is 301 g/mol. The first-order chi connectivity index (χ1) is 9.82. The van der Waals surface area contributed by atoms with Gasteiger partial charge in [0.05, 0.1) is 7.11 Å². The molecular formula is C15H21F2NO3. The summed E-state index contributed by atoms with van der Waals surface area (Å²) in [5, 5.41) is 11.2. The summed E-state index contributed by atoms with van der Waals surface area (Å²) in [6.45, 7) is 3.43. The standard InChI is InChI=1S/C15H21F2NO3/c1-10(2)13(8-9-19)18-14(20)15(16,17)11-4-6-12(21-3)7-5-11/h4-7,10,13,19H,8-9H2,1-3H3,(H,18,20). The first-order valence-corrected chi connectivity index (χ1v) is 6.77. The molecule has 0 fully saturated rings. The number of methoxy groups -OCH3 is 1. The van der Waals surface area contributed by atoms with Crippen LogP contribution in [0.1, 0.15) is 25.8 Å². The van der Waals surface area contributed by atoms with Crippen LogP contribution in [-0.4, -0.2) is 30.8 Å². The van der Waals surface area contributed by atoms with E-state index in [0.717, 1.165) is 12.1 Å². The van der Waals surface area contributed by atoms with Crippen LogP contribution >= 0.6 is 0 Å². The van der Waals surface area contributed by atoms with Crippen LogP contribution in [0.2, 0.25) is 0 Å². The number of hydrogen-bond acceptors (Lipinski definition) is 3. The fourth-order valence-electron chi connectivity index (χ4n) is 1.90. The van der Waals surface area contributed by atoms with E-state index >= 15 is 0 Å². The monoisotopic (exact) mass is 301 g/mol. The van der Waals surface area contributed by atoms with Gasteiger partial charge >= 0.3 is 5.92 Å². The minimum atomic E-state index is -3.63. The lowest BCUT2D eigenvalue weighted by atomic mass is 10.00. The number of aliphatic hydroxyl groups excluding tert-OH is 1. The summed E-state index contributed by atoms with van der Waals surface area (Å²) < 4.78 is 33.2. The van der Waals surface area contributed by atoms with Crippen molar-refractivity contribution < 1.29 is 23.4 Å². The van der Waals surface area contributed by atoms with Crippen molar-refractivity contribution in [2.45, 2.75) is 32.2 Å². The molecule has 0 saturated carbocycles. The molecule has 1 amide bonds. The number of rotatable bonds is 7. The number of hydrogen-bond donors (Lipinski definition) is 2. The number of carbonyl (C=O) groups is 1. The summed E-state index contributed by atoms with van der Waals surface area (Å²) in [4.78, 5) is 11.8. The zero-order valence-electron chi connectivity index (χ0n) is 12.4. The van der Waals surface area contributed by atoms with E-state index in [-0.39, 0.29) is 18.9 Å². The van der Waals surface area contributed by atoms with Gasteiger partial charge in [0.25, 0.3) is 5.91 Å². The largest absolute Gasteiger partial charge is 0.497 e. The third kappa shape index (κ3) is 4.39. The molecule has 0 saturated heterocycles. The van der Waals surface area contributed by atoms with Crippen molar-refractivity contribution in [3.8, 4) is 5.75 Å². The van der Waals surface area contributed by atoms with Crippen molar-refractivity contribution in [3.63, 3.8) is 0 Å². The molecule has 118 valence electrons. The Morgan fingerprint density at radius 1 is 1.33 bits per heavy atom. The normalized spacial score (nSPS) is 13.1. The van der Waals surface area contributed by atoms with Crippen LogP contribution in [0.4, 0.5) is 8.78 Å². The lowest BCUT2D eigenvalue weighted by Crippen LogP contribution is -2.46. The molecule has 0 aliphatic carbocycles. The van der Waals surface area contributed by atoms with Gasteiger partial charge < -0.3 is 15.2 Å². The maximum Gasteiger partial charge on any atom is 0.349 e. The van der Waals surface area contributed by atoms with Crippen molar-refractivity contribution >= 4 is 5.91 Å². The van der Waals surface area contributed by atoms with Crippen molar-refractivity contribution in [1.82, 2.24) is 5.32 Å². The molecule has 1 aromatic carbocycles. The summed E-state index contributed by atoms with van der Waals surface area (Å²) in [5.74, 6) is -4.60. The van der Waals surface area contributed by atoms with E-state index in [2.05, 4.69) is 5.32 Å². The minimum absolute atomic E-state index is 0.0484. The predicted octanol–water partition coefficient (Wildman–Crippen LogP) is 2.31. The van der Waals surface area contributed by atoms with Gasteiger partial charge in [0.15, 0.2) is 0 Å². The van der Waals surface area contributed by atoms with Crippen LogP contribution < -0.4 is 10.1 Å². The molecule has 21 heavy (non-hydrogen) atoms. The molecule has 0 spiro atoms. The first kappa shape index (κ1) is 17.4. The number of benzene rings is 1. The molecule has 0 aliphatic heterocycles. The highest BCUT2D eigenvalue weighted by molar-refractivity contribution is 5.85. The van der Waals surface area contributed by atoms with Crippen LogP contribution in [0, 0.1) is 5.92 Å². The molecule has 4 nitrogen and oxygen atoms in total. The van der Waals surface area contributed by atoms with Crippen LogP contribution in [-0.2, 0) is 10.7 Å². The Morgan fingerprint density at radius 2 is 1.90 bits per heavy atom. The van der Waals surface area contributed by atoms with E-state index in [1.54, 1.807) is 13.8 Å². The SMILES string of the molecule is COc1ccc(C(F)(F)C(=O)NC(CCO)C(C)C)cc1. The number of ether oxygens (including phenoxy) is 1. The Hall–Kier alpha value is -1.69. The zero-order valence-corrected chi connectivity index (χ0v) is 12.4. The number of aliphatic hydroxyl groups is 1. The van der Waals surface area contributed by atoms with Crippen LogP contribution in [0.3, 0.4) is 0 Å². The molecule has 1 atom stereocenters. The topological polar surface area (TPSA) is 58.6 Å². The molecule has 0 aliphatic rings. The second-order valence-corrected chi connectivity index (χ2v) is 5.14. The van der Waals surface area contributed by atoms with E-state index < -0.39 is 23.4 Å². The molecular weight excluding hydrogens is 280 g/mol. The van der Waals surface area contributed by atoms with Crippen LogP contribution in [0.25, 0.3) is 0 Å². The number of amides is 1. The van der Waals surface area contributed by atoms with Crippen molar-refractivity contribution in [3.05, 3.63) is 29.8 Å². The highest BCUT2D eigenvalue weighted by Gasteiger charge is 2.41.